The number of hydrogen-bond donors (Lipinski definition) is 0. The van der Waals surface area contributed by atoms with Gasteiger partial charge in [0.1, 0.15) is 12.4 Å². The molecule has 0 aromatic carbocycles. The van der Waals surface area contributed by atoms with Gasteiger partial charge < -0.3 is 19.0 Å². The number of carbonyl (C=O) groups excluding carboxylic acids is 2. The van der Waals surface area contributed by atoms with Gasteiger partial charge in [0, 0.05) is 24.7 Å². The van der Waals surface area contributed by atoms with Crippen LogP contribution in [0.2, 0.25) is 0 Å². The lowest BCUT2D eigenvalue weighted by atomic mass is 9.76. The lowest BCUT2D eigenvalue weighted by molar-refractivity contribution is -0.334. The van der Waals surface area contributed by atoms with Gasteiger partial charge in [-0.15, -0.1) is 0 Å². The van der Waals surface area contributed by atoms with Gasteiger partial charge in [-0.2, -0.15) is 0 Å². The first kappa shape index (κ1) is 19.1. The topological polar surface area (TPSA) is 61.8 Å². The van der Waals surface area contributed by atoms with Crippen LogP contribution in [0, 0.1) is 23.7 Å². The molecule has 0 saturated carbocycles. The van der Waals surface area contributed by atoms with E-state index < -0.39 is 5.79 Å². The second kappa shape index (κ2) is 7.36. The van der Waals surface area contributed by atoms with E-state index >= 15 is 0 Å². The van der Waals surface area contributed by atoms with Crippen molar-refractivity contribution in [1.82, 2.24) is 0 Å². The monoisotopic (exact) mass is 338 g/mol. The van der Waals surface area contributed by atoms with Gasteiger partial charge in [0.05, 0.1) is 18.1 Å². The summed E-state index contributed by atoms with van der Waals surface area (Å²) in [7, 11) is 0. The van der Waals surface area contributed by atoms with Crippen LogP contribution in [0.4, 0.5) is 0 Å². The van der Waals surface area contributed by atoms with Crippen molar-refractivity contribution >= 4 is 12.3 Å². The van der Waals surface area contributed by atoms with Crippen LogP contribution in [0.1, 0.15) is 48.0 Å². The van der Waals surface area contributed by atoms with Crippen LogP contribution in [0.5, 0.6) is 0 Å². The van der Waals surface area contributed by atoms with Crippen LogP contribution < -0.4 is 0 Å². The second-order valence-corrected chi connectivity index (χ2v) is 7.28. The van der Waals surface area contributed by atoms with E-state index in [2.05, 4.69) is 13.0 Å². The fourth-order valence-corrected chi connectivity index (χ4v) is 3.99. The largest absolute Gasteiger partial charge is 0.462 e. The third-order valence-corrected chi connectivity index (χ3v) is 5.54. The predicted molar refractivity (Wildman–Crippen MR) is 90.2 cm³/mol. The highest BCUT2D eigenvalue weighted by Gasteiger charge is 2.55. The fraction of sp³-hybridized carbons (Fsp3) is 0.789. The van der Waals surface area contributed by atoms with E-state index in [0.29, 0.717) is 5.92 Å². The van der Waals surface area contributed by atoms with Crippen LogP contribution in [-0.2, 0) is 23.8 Å². The first-order valence-corrected chi connectivity index (χ1v) is 8.93. The Hall–Kier alpha value is -1.20. The standard InChI is InChI=1S/C19H30O5/c1-7-16-8-9-19(23-14(16)5)13(4)18(22-15(6)21)12(3)17(24-19)11(2)10-20/h8-14,16-18H,7H2,1-6H3/t11-,12+,13-,14+,16-,17-,18+,19+/m0/s1. The second-order valence-electron chi connectivity index (χ2n) is 7.28. The van der Waals surface area contributed by atoms with Crippen molar-refractivity contribution in [1.29, 1.82) is 0 Å². The quantitative estimate of drug-likeness (QED) is 0.448. The molecule has 1 saturated heterocycles. The molecule has 2 rings (SSSR count). The Bertz CT molecular complexity index is 502. The lowest BCUT2D eigenvalue weighted by Crippen LogP contribution is -2.61. The minimum Gasteiger partial charge on any atom is -0.462 e. The smallest absolute Gasteiger partial charge is 0.302 e. The molecule has 2 aliphatic rings. The Kier molecular flexibility index (Phi) is 5.87. The van der Waals surface area contributed by atoms with Crippen molar-refractivity contribution in [3.05, 3.63) is 12.2 Å². The van der Waals surface area contributed by atoms with Crippen LogP contribution in [0.15, 0.2) is 12.2 Å². The van der Waals surface area contributed by atoms with Crippen molar-refractivity contribution in [2.75, 3.05) is 0 Å². The Labute approximate surface area is 144 Å². The molecule has 2 heterocycles. The van der Waals surface area contributed by atoms with E-state index in [1.807, 2.05) is 33.8 Å². The number of ether oxygens (including phenoxy) is 3. The molecule has 1 spiro atoms. The zero-order chi connectivity index (χ0) is 18.1. The predicted octanol–water partition coefficient (Wildman–Crippen LogP) is 3.12. The summed E-state index contributed by atoms with van der Waals surface area (Å²) in [6.45, 7) is 11.3. The Morgan fingerprint density at radius 2 is 2.00 bits per heavy atom. The maximum absolute atomic E-state index is 11.6. The molecule has 0 bridgehead atoms. The van der Waals surface area contributed by atoms with Gasteiger partial charge in [-0.05, 0) is 19.4 Å². The van der Waals surface area contributed by atoms with Gasteiger partial charge in [0.15, 0.2) is 5.79 Å². The van der Waals surface area contributed by atoms with Crippen molar-refractivity contribution in [3.63, 3.8) is 0 Å². The molecule has 8 atom stereocenters. The number of rotatable bonds is 4. The molecule has 2 aliphatic heterocycles. The average Bonchev–Trinajstić information content (AvgIpc) is 2.54. The highest BCUT2D eigenvalue weighted by molar-refractivity contribution is 5.66. The fourth-order valence-electron chi connectivity index (χ4n) is 3.99. The summed E-state index contributed by atoms with van der Waals surface area (Å²) in [5.41, 5.74) is 0. The molecule has 24 heavy (non-hydrogen) atoms. The van der Waals surface area contributed by atoms with E-state index in [0.717, 1.165) is 12.7 Å². The first-order valence-electron chi connectivity index (χ1n) is 8.93. The molecule has 0 aromatic rings. The third kappa shape index (κ3) is 3.42. The SMILES string of the molecule is CC[C@H]1C=C[C@]2(O[C@@H]([C@@H](C)C=O)[C@@H](C)[C@@H](OC(C)=O)[C@@H]2C)O[C@@H]1C. The third-order valence-electron chi connectivity index (χ3n) is 5.54. The van der Waals surface area contributed by atoms with Crippen molar-refractivity contribution < 1.29 is 23.8 Å². The van der Waals surface area contributed by atoms with Crippen molar-refractivity contribution in [3.8, 4) is 0 Å². The van der Waals surface area contributed by atoms with E-state index in [1.165, 1.54) is 6.92 Å². The summed E-state index contributed by atoms with van der Waals surface area (Å²) < 4.78 is 18.2. The summed E-state index contributed by atoms with van der Waals surface area (Å²) >= 11 is 0. The molecule has 1 fully saturated rings. The summed E-state index contributed by atoms with van der Waals surface area (Å²) in [6.07, 6.45) is 5.24. The molecule has 0 aromatic heterocycles. The van der Waals surface area contributed by atoms with Gasteiger partial charge in [0.2, 0.25) is 0 Å². The number of aldehydes is 1. The molecule has 0 radical (unpaired) electrons. The summed E-state index contributed by atoms with van der Waals surface area (Å²) in [4.78, 5) is 22.9. The molecule has 0 N–H and O–H groups in total. The maximum atomic E-state index is 11.6. The van der Waals surface area contributed by atoms with E-state index in [9.17, 15) is 9.59 Å². The highest BCUT2D eigenvalue weighted by Crippen LogP contribution is 2.46. The van der Waals surface area contributed by atoms with Gasteiger partial charge in [0.25, 0.3) is 0 Å². The summed E-state index contributed by atoms with van der Waals surface area (Å²) in [5.74, 6) is -1.51. The Balaban J connectivity index is 2.39. The van der Waals surface area contributed by atoms with Crippen molar-refractivity contribution in [2.24, 2.45) is 23.7 Å². The normalized spacial score (nSPS) is 43.4. The molecule has 5 heteroatoms. The molecular weight excluding hydrogens is 308 g/mol. The maximum Gasteiger partial charge on any atom is 0.302 e. The van der Waals surface area contributed by atoms with Crippen LogP contribution >= 0.6 is 0 Å². The van der Waals surface area contributed by atoms with Crippen LogP contribution in [0.25, 0.3) is 0 Å². The zero-order valence-corrected chi connectivity index (χ0v) is 15.5. The van der Waals surface area contributed by atoms with E-state index in [1.54, 1.807) is 0 Å². The summed E-state index contributed by atoms with van der Waals surface area (Å²) in [5, 5.41) is 0. The molecule has 136 valence electrons. The summed E-state index contributed by atoms with van der Waals surface area (Å²) in [6, 6.07) is 0. The minimum atomic E-state index is -0.959. The molecule has 0 unspecified atom stereocenters. The Morgan fingerprint density at radius 3 is 2.50 bits per heavy atom. The van der Waals surface area contributed by atoms with Gasteiger partial charge in [-0.25, -0.2) is 0 Å². The number of hydrogen-bond acceptors (Lipinski definition) is 5. The molecular formula is C19H30O5. The number of carbonyl (C=O) groups is 2. The van der Waals surface area contributed by atoms with Crippen molar-refractivity contribution in [2.45, 2.75) is 72.1 Å². The van der Waals surface area contributed by atoms with E-state index in [-0.39, 0.29) is 42.0 Å². The Morgan fingerprint density at radius 1 is 1.33 bits per heavy atom. The molecule has 0 aliphatic carbocycles. The van der Waals surface area contributed by atoms with Gasteiger partial charge >= 0.3 is 5.97 Å². The average molecular weight is 338 g/mol. The zero-order valence-electron chi connectivity index (χ0n) is 15.5. The van der Waals surface area contributed by atoms with Crippen LogP contribution in [0.3, 0.4) is 0 Å². The molecule has 0 amide bonds. The highest BCUT2D eigenvalue weighted by atomic mass is 16.7. The first-order chi connectivity index (χ1) is 11.3. The van der Waals surface area contributed by atoms with Gasteiger partial charge in [-0.3, -0.25) is 4.79 Å². The molecule has 5 nitrogen and oxygen atoms in total. The lowest BCUT2D eigenvalue weighted by Gasteiger charge is -2.53. The van der Waals surface area contributed by atoms with Crippen LogP contribution in [-0.4, -0.2) is 36.4 Å². The van der Waals surface area contributed by atoms with Gasteiger partial charge in [-0.1, -0.05) is 33.8 Å². The van der Waals surface area contributed by atoms with E-state index in [4.69, 9.17) is 14.2 Å². The minimum absolute atomic E-state index is 0.000946. The number of esters is 1.